The van der Waals surface area contributed by atoms with Gasteiger partial charge >= 0.3 is 5.97 Å². The van der Waals surface area contributed by atoms with Crippen LogP contribution in [0, 0.1) is 6.92 Å². The number of aromatic nitrogens is 1. The number of hydrogen-bond acceptors (Lipinski definition) is 4. The summed E-state index contributed by atoms with van der Waals surface area (Å²) >= 11 is 0. The predicted molar refractivity (Wildman–Crippen MR) is 55.0 cm³/mol. The van der Waals surface area contributed by atoms with Gasteiger partial charge in [0.2, 0.25) is 0 Å². The molecule has 0 aliphatic carbocycles. The van der Waals surface area contributed by atoms with Crippen molar-refractivity contribution in [2.75, 3.05) is 0 Å². The fraction of sp³-hybridized carbons (Fsp3) is 0.500. The molecule has 2 N–H and O–H groups in total. The van der Waals surface area contributed by atoms with Gasteiger partial charge in [-0.05, 0) is 20.8 Å². The molecule has 0 aromatic carbocycles. The van der Waals surface area contributed by atoms with E-state index in [-0.39, 0.29) is 12.1 Å². The maximum atomic E-state index is 11.6. The van der Waals surface area contributed by atoms with E-state index in [2.05, 4.69) is 10.5 Å². The molecule has 0 aliphatic heterocycles. The van der Waals surface area contributed by atoms with Crippen molar-refractivity contribution in [1.29, 1.82) is 0 Å². The highest BCUT2D eigenvalue weighted by molar-refractivity contribution is 5.93. The van der Waals surface area contributed by atoms with Crippen LogP contribution in [0.3, 0.4) is 0 Å². The van der Waals surface area contributed by atoms with Crippen molar-refractivity contribution in [3.8, 4) is 0 Å². The van der Waals surface area contributed by atoms with Crippen molar-refractivity contribution in [2.45, 2.75) is 32.7 Å². The number of rotatable bonds is 4. The van der Waals surface area contributed by atoms with Gasteiger partial charge in [-0.1, -0.05) is 5.16 Å². The molecule has 16 heavy (non-hydrogen) atoms. The Balaban J connectivity index is 2.67. The highest BCUT2D eigenvalue weighted by Gasteiger charge is 2.25. The van der Waals surface area contributed by atoms with Crippen LogP contribution in [-0.2, 0) is 4.79 Å². The molecule has 1 aromatic rings. The third-order valence-electron chi connectivity index (χ3n) is 1.91. The molecule has 0 spiro atoms. The number of amides is 1. The van der Waals surface area contributed by atoms with Crippen LogP contribution in [0.15, 0.2) is 10.6 Å². The van der Waals surface area contributed by atoms with E-state index in [1.807, 2.05) is 0 Å². The van der Waals surface area contributed by atoms with Crippen LogP contribution in [0.5, 0.6) is 0 Å². The molecule has 0 fully saturated rings. The molecule has 0 saturated heterocycles. The minimum Gasteiger partial charge on any atom is -0.481 e. The molecule has 1 heterocycles. The number of carbonyl (C=O) groups is 2. The van der Waals surface area contributed by atoms with Gasteiger partial charge in [-0.2, -0.15) is 0 Å². The average molecular weight is 226 g/mol. The van der Waals surface area contributed by atoms with Crippen molar-refractivity contribution in [2.24, 2.45) is 0 Å². The summed E-state index contributed by atoms with van der Waals surface area (Å²) in [5.41, 5.74) is -0.675. The number of carboxylic acids is 1. The number of nitrogens with zero attached hydrogens (tertiary/aromatic N) is 1. The van der Waals surface area contributed by atoms with E-state index in [0.29, 0.717) is 5.76 Å². The molecule has 0 radical (unpaired) electrons. The summed E-state index contributed by atoms with van der Waals surface area (Å²) in [6.07, 6.45) is -0.157. The van der Waals surface area contributed by atoms with Crippen LogP contribution in [0.1, 0.15) is 36.5 Å². The number of carbonyl (C=O) groups excluding carboxylic acids is 1. The molecule has 88 valence electrons. The van der Waals surface area contributed by atoms with Gasteiger partial charge in [-0.15, -0.1) is 0 Å². The van der Waals surface area contributed by atoms with E-state index in [4.69, 9.17) is 9.63 Å². The second-order valence-corrected chi connectivity index (χ2v) is 4.23. The van der Waals surface area contributed by atoms with Crippen molar-refractivity contribution >= 4 is 11.9 Å². The summed E-state index contributed by atoms with van der Waals surface area (Å²) < 4.78 is 4.75. The van der Waals surface area contributed by atoms with Gasteiger partial charge in [-0.25, -0.2) is 0 Å². The fourth-order valence-electron chi connectivity index (χ4n) is 1.27. The van der Waals surface area contributed by atoms with Crippen LogP contribution in [-0.4, -0.2) is 27.7 Å². The number of aryl methyl sites for hydroxylation is 1. The zero-order chi connectivity index (χ0) is 12.3. The molecular weight excluding hydrogens is 212 g/mol. The Bertz CT molecular complexity index is 409. The Morgan fingerprint density at radius 1 is 1.56 bits per heavy atom. The van der Waals surface area contributed by atoms with Crippen molar-refractivity contribution < 1.29 is 19.2 Å². The third-order valence-corrected chi connectivity index (χ3v) is 1.91. The Kier molecular flexibility index (Phi) is 3.31. The molecule has 1 rings (SSSR count). The van der Waals surface area contributed by atoms with Crippen molar-refractivity contribution in [1.82, 2.24) is 10.5 Å². The zero-order valence-corrected chi connectivity index (χ0v) is 9.40. The molecule has 0 aliphatic rings. The van der Waals surface area contributed by atoms with Crippen LogP contribution < -0.4 is 5.32 Å². The first kappa shape index (κ1) is 12.2. The summed E-state index contributed by atoms with van der Waals surface area (Å²) in [5.74, 6) is -0.883. The molecule has 0 bridgehead atoms. The van der Waals surface area contributed by atoms with E-state index < -0.39 is 17.4 Å². The van der Waals surface area contributed by atoms with Gasteiger partial charge < -0.3 is 14.9 Å². The Labute approximate surface area is 92.6 Å². The summed E-state index contributed by atoms with van der Waals surface area (Å²) in [6.45, 7) is 4.93. The Morgan fingerprint density at radius 2 is 2.19 bits per heavy atom. The summed E-state index contributed by atoms with van der Waals surface area (Å²) in [7, 11) is 0. The number of hydrogen-bond donors (Lipinski definition) is 2. The van der Waals surface area contributed by atoms with Crippen molar-refractivity contribution in [3.05, 3.63) is 17.5 Å². The van der Waals surface area contributed by atoms with Crippen molar-refractivity contribution in [3.63, 3.8) is 0 Å². The minimum absolute atomic E-state index is 0.149. The van der Waals surface area contributed by atoms with E-state index in [9.17, 15) is 9.59 Å². The summed E-state index contributed by atoms with van der Waals surface area (Å²) in [5, 5.41) is 14.8. The van der Waals surface area contributed by atoms with E-state index in [1.165, 1.54) is 6.07 Å². The summed E-state index contributed by atoms with van der Waals surface area (Å²) in [4.78, 5) is 22.2. The highest BCUT2D eigenvalue weighted by atomic mass is 16.5. The number of nitrogens with one attached hydrogen (secondary N) is 1. The molecule has 6 nitrogen and oxygen atoms in total. The predicted octanol–water partition coefficient (Wildman–Crippen LogP) is 0.966. The lowest BCUT2D eigenvalue weighted by Gasteiger charge is -2.23. The average Bonchev–Trinajstić information content (AvgIpc) is 2.47. The lowest BCUT2D eigenvalue weighted by atomic mass is 10.0. The summed E-state index contributed by atoms with van der Waals surface area (Å²) in [6, 6.07) is 1.49. The monoisotopic (exact) mass is 226 g/mol. The Morgan fingerprint density at radius 3 is 2.62 bits per heavy atom. The molecular formula is C10H14N2O4. The van der Waals surface area contributed by atoms with E-state index in [0.717, 1.165) is 0 Å². The van der Waals surface area contributed by atoms with E-state index >= 15 is 0 Å². The first-order chi connectivity index (χ1) is 7.30. The van der Waals surface area contributed by atoms with Crippen LogP contribution in [0.2, 0.25) is 0 Å². The van der Waals surface area contributed by atoms with E-state index in [1.54, 1.807) is 20.8 Å². The van der Waals surface area contributed by atoms with Gasteiger partial charge in [0.05, 0.1) is 6.42 Å². The highest BCUT2D eigenvalue weighted by Crippen LogP contribution is 2.10. The molecule has 0 atom stereocenters. The first-order valence-electron chi connectivity index (χ1n) is 4.78. The Hall–Kier alpha value is -1.85. The quantitative estimate of drug-likeness (QED) is 0.797. The molecule has 1 aromatic heterocycles. The number of carboxylic acid groups (broad SMARTS) is 1. The molecule has 0 unspecified atom stereocenters. The minimum atomic E-state index is -0.971. The first-order valence-corrected chi connectivity index (χ1v) is 4.78. The normalized spacial score (nSPS) is 11.2. The van der Waals surface area contributed by atoms with Gasteiger partial charge in [0, 0.05) is 11.6 Å². The van der Waals surface area contributed by atoms with Crippen LogP contribution in [0.25, 0.3) is 0 Å². The van der Waals surface area contributed by atoms with Gasteiger partial charge in [0.1, 0.15) is 5.76 Å². The fourth-order valence-corrected chi connectivity index (χ4v) is 1.27. The van der Waals surface area contributed by atoms with Gasteiger partial charge in [0.15, 0.2) is 5.69 Å². The van der Waals surface area contributed by atoms with Gasteiger partial charge in [-0.3, -0.25) is 9.59 Å². The lowest BCUT2D eigenvalue weighted by Crippen LogP contribution is -2.45. The van der Waals surface area contributed by atoms with Crippen LogP contribution in [0.4, 0.5) is 0 Å². The van der Waals surface area contributed by atoms with Gasteiger partial charge in [0.25, 0.3) is 5.91 Å². The number of aliphatic carboxylic acids is 1. The zero-order valence-electron chi connectivity index (χ0n) is 9.40. The maximum Gasteiger partial charge on any atom is 0.305 e. The molecule has 6 heteroatoms. The third kappa shape index (κ3) is 3.38. The largest absolute Gasteiger partial charge is 0.481 e. The topological polar surface area (TPSA) is 92.4 Å². The lowest BCUT2D eigenvalue weighted by molar-refractivity contribution is -0.138. The SMILES string of the molecule is Cc1cc(C(=O)NC(C)(C)CC(=O)O)no1. The standard InChI is InChI=1S/C10H14N2O4/c1-6-4-7(12-16-6)9(15)11-10(2,3)5-8(13)14/h4H,5H2,1-3H3,(H,11,15)(H,13,14). The molecule has 0 saturated carbocycles. The second kappa shape index (κ2) is 4.34. The smallest absolute Gasteiger partial charge is 0.305 e. The molecule has 1 amide bonds. The maximum absolute atomic E-state index is 11.6. The second-order valence-electron chi connectivity index (χ2n) is 4.23. The van der Waals surface area contributed by atoms with Crippen LogP contribution >= 0.6 is 0 Å².